The van der Waals surface area contributed by atoms with Crippen LogP contribution in [-0.2, 0) is 0 Å². The van der Waals surface area contributed by atoms with Gasteiger partial charge in [-0.15, -0.1) is 5.10 Å². The van der Waals surface area contributed by atoms with Gasteiger partial charge in [0.1, 0.15) is 17.2 Å². The number of ketones is 1. The molecule has 0 saturated carbocycles. The smallest absolute Gasteiger partial charge is 0.214 e. The second-order valence-corrected chi connectivity index (χ2v) is 6.16. The molecule has 8 heteroatoms. The highest BCUT2D eigenvalue weighted by Crippen LogP contribution is 2.26. The van der Waals surface area contributed by atoms with Crippen LogP contribution >= 0.6 is 11.8 Å². The summed E-state index contributed by atoms with van der Waals surface area (Å²) in [5.41, 5.74) is 1.32. The topological polar surface area (TPSA) is 79.1 Å². The number of aromatic nitrogens is 4. The number of para-hydroxylation sites is 2. The van der Waals surface area contributed by atoms with Crippen LogP contribution in [0.25, 0.3) is 5.69 Å². The first-order valence-electron chi connectivity index (χ1n) is 8.03. The van der Waals surface area contributed by atoms with Gasteiger partial charge in [0.15, 0.2) is 5.78 Å². The van der Waals surface area contributed by atoms with E-state index >= 15 is 0 Å². The Labute approximate surface area is 155 Å². The molecule has 0 spiro atoms. The number of Topliss-reactive ketones (excluding diaryl/α,β-unsaturated/α-hetero) is 1. The molecule has 0 unspecified atom stereocenters. The zero-order valence-electron chi connectivity index (χ0n) is 14.5. The number of hydrogen-bond donors (Lipinski definition) is 0. The van der Waals surface area contributed by atoms with Crippen LogP contribution in [0, 0.1) is 0 Å². The van der Waals surface area contributed by atoms with Gasteiger partial charge in [0.05, 0.1) is 19.5 Å². The van der Waals surface area contributed by atoms with Crippen molar-refractivity contribution in [3.05, 3.63) is 54.1 Å². The van der Waals surface area contributed by atoms with Gasteiger partial charge >= 0.3 is 0 Å². The van der Waals surface area contributed by atoms with Gasteiger partial charge in [-0.3, -0.25) is 4.79 Å². The molecule has 134 valence electrons. The Hall–Kier alpha value is -2.87. The molecule has 0 atom stereocenters. The highest BCUT2D eigenvalue weighted by atomic mass is 32.2. The van der Waals surface area contributed by atoms with Crippen LogP contribution < -0.4 is 9.47 Å². The first-order chi connectivity index (χ1) is 12.7. The van der Waals surface area contributed by atoms with Crippen molar-refractivity contribution in [3.8, 4) is 17.2 Å². The zero-order chi connectivity index (χ0) is 18.4. The fourth-order valence-electron chi connectivity index (χ4n) is 2.34. The summed E-state index contributed by atoms with van der Waals surface area (Å²) in [7, 11) is 1.57. The van der Waals surface area contributed by atoms with Crippen molar-refractivity contribution in [1.29, 1.82) is 0 Å². The number of tetrazole rings is 1. The maximum Gasteiger partial charge on any atom is 0.214 e. The lowest BCUT2D eigenvalue weighted by Gasteiger charge is -2.10. The molecule has 3 aromatic rings. The number of methoxy groups -OCH3 is 1. The van der Waals surface area contributed by atoms with E-state index in [0.29, 0.717) is 28.8 Å². The van der Waals surface area contributed by atoms with Gasteiger partial charge in [-0.2, -0.15) is 4.68 Å². The van der Waals surface area contributed by atoms with E-state index in [0.717, 1.165) is 5.69 Å². The second kappa shape index (κ2) is 8.48. The first kappa shape index (κ1) is 17.9. The van der Waals surface area contributed by atoms with E-state index in [1.807, 2.05) is 31.2 Å². The van der Waals surface area contributed by atoms with Crippen molar-refractivity contribution in [2.45, 2.75) is 12.1 Å². The van der Waals surface area contributed by atoms with Crippen LogP contribution in [-0.4, -0.2) is 45.5 Å². The number of nitrogens with zero attached hydrogens (tertiary/aromatic N) is 4. The standard InChI is InChI=1S/C18H18N4O3S/c1-3-25-17-10-5-4-9-15(17)22-18(19-20-21-22)26-12-16(23)13-7-6-8-14(11-13)24-2/h4-11H,3,12H2,1-2H3. The van der Waals surface area contributed by atoms with Crippen LogP contribution in [0.2, 0.25) is 0 Å². The van der Waals surface area contributed by atoms with Gasteiger partial charge < -0.3 is 9.47 Å². The molecule has 0 aliphatic heterocycles. The molecule has 1 aromatic heterocycles. The minimum Gasteiger partial charge on any atom is -0.497 e. The van der Waals surface area contributed by atoms with Crippen LogP contribution in [0.1, 0.15) is 17.3 Å². The number of benzene rings is 2. The number of ether oxygens (including phenoxy) is 2. The first-order valence-corrected chi connectivity index (χ1v) is 9.02. The summed E-state index contributed by atoms with van der Waals surface area (Å²) in [5.74, 6) is 1.52. The number of carbonyl (C=O) groups is 1. The molecule has 0 fully saturated rings. The molecule has 0 amide bonds. The van der Waals surface area contributed by atoms with Crippen LogP contribution in [0.5, 0.6) is 11.5 Å². The fraction of sp³-hybridized carbons (Fsp3) is 0.222. The molecule has 0 aliphatic rings. The Kier molecular flexibility index (Phi) is 5.85. The molecule has 0 bridgehead atoms. The third-order valence-electron chi connectivity index (χ3n) is 3.56. The number of rotatable bonds is 8. The third kappa shape index (κ3) is 4.02. The predicted molar refractivity (Wildman–Crippen MR) is 98.4 cm³/mol. The van der Waals surface area contributed by atoms with Gasteiger partial charge in [0.2, 0.25) is 5.16 Å². The van der Waals surface area contributed by atoms with Gasteiger partial charge in [0, 0.05) is 5.56 Å². The molecular formula is C18H18N4O3S. The van der Waals surface area contributed by atoms with Crippen molar-refractivity contribution in [2.24, 2.45) is 0 Å². The summed E-state index contributed by atoms with van der Waals surface area (Å²) in [6, 6.07) is 14.6. The third-order valence-corrected chi connectivity index (χ3v) is 4.48. The van der Waals surface area contributed by atoms with Crippen molar-refractivity contribution >= 4 is 17.5 Å². The molecular weight excluding hydrogens is 352 g/mol. The maximum absolute atomic E-state index is 12.4. The SMILES string of the molecule is CCOc1ccccc1-n1nnnc1SCC(=O)c1cccc(OC)c1. The molecule has 26 heavy (non-hydrogen) atoms. The summed E-state index contributed by atoms with van der Waals surface area (Å²) >= 11 is 1.27. The van der Waals surface area contributed by atoms with E-state index in [4.69, 9.17) is 9.47 Å². The van der Waals surface area contributed by atoms with Crippen molar-refractivity contribution in [1.82, 2.24) is 20.2 Å². The molecule has 7 nitrogen and oxygen atoms in total. The molecule has 2 aromatic carbocycles. The average molecular weight is 370 g/mol. The molecule has 0 saturated heterocycles. The lowest BCUT2D eigenvalue weighted by atomic mass is 10.1. The molecule has 0 aliphatic carbocycles. The quantitative estimate of drug-likeness (QED) is 0.445. The molecule has 3 rings (SSSR count). The molecule has 1 heterocycles. The fourth-order valence-corrected chi connectivity index (χ4v) is 3.12. The summed E-state index contributed by atoms with van der Waals surface area (Å²) < 4.78 is 12.4. The average Bonchev–Trinajstić information content (AvgIpc) is 3.15. The van der Waals surface area contributed by atoms with Gasteiger partial charge in [0.25, 0.3) is 0 Å². The van der Waals surface area contributed by atoms with Gasteiger partial charge in [-0.05, 0) is 41.6 Å². The van der Waals surface area contributed by atoms with Crippen molar-refractivity contribution in [3.63, 3.8) is 0 Å². The lowest BCUT2D eigenvalue weighted by Crippen LogP contribution is -2.06. The van der Waals surface area contributed by atoms with Crippen LogP contribution in [0.4, 0.5) is 0 Å². The minimum absolute atomic E-state index is 0.0263. The van der Waals surface area contributed by atoms with Crippen molar-refractivity contribution in [2.75, 3.05) is 19.5 Å². The Morgan fingerprint density at radius 1 is 1.19 bits per heavy atom. The summed E-state index contributed by atoms with van der Waals surface area (Å²) in [6.45, 7) is 2.45. The Balaban J connectivity index is 1.76. The number of hydrogen-bond acceptors (Lipinski definition) is 7. The van der Waals surface area contributed by atoms with Gasteiger partial charge in [-0.25, -0.2) is 0 Å². The van der Waals surface area contributed by atoms with E-state index < -0.39 is 0 Å². The highest BCUT2D eigenvalue weighted by Gasteiger charge is 2.15. The van der Waals surface area contributed by atoms with Crippen molar-refractivity contribution < 1.29 is 14.3 Å². The summed E-state index contributed by atoms with van der Waals surface area (Å²) in [4.78, 5) is 12.4. The number of thioether (sulfide) groups is 1. The minimum atomic E-state index is -0.0263. The largest absolute Gasteiger partial charge is 0.497 e. The van der Waals surface area contributed by atoms with E-state index in [9.17, 15) is 4.79 Å². The Bertz CT molecular complexity index is 897. The Morgan fingerprint density at radius 3 is 2.85 bits per heavy atom. The van der Waals surface area contributed by atoms with E-state index in [1.54, 1.807) is 36.1 Å². The van der Waals surface area contributed by atoms with Gasteiger partial charge in [-0.1, -0.05) is 36.0 Å². The number of carbonyl (C=O) groups excluding carboxylic acids is 1. The van der Waals surface area contributed by atoms with E-state index in [1.165, 1.54) is 11.8 Å². The lowest BCUT2D eigenvalue weighted by molar-refractivity contribution is 0.102. The second-order valence-electron chi connectivity index (χ2n) is 5.22. The van der Waals surface area contributed by atoms with Crippen LogP contribution in [0.15, 0.2) is 53.7 Å². The molecule has 0 N–H and O–H groups in total. The summed E-state index contributed by atoms with van der Waals surface area (Å²) in [5, 5.41) is 12.3. The van der Waals surface area contributed by atoms with E-state index in [2.05, 4.69) is 15.5 Å². The molecule has 0 radical (unpaired) electrons. The highest BCUT2D eigenvalue weighted by molar-refractivity contribution is 7.99. The maximum atomic E-state index is 12.4. The van der Waals surface area contributed by atoms with Crippen LogP contribution in [0.3, 0.4) is 0 Å². The zero-order valence-corrected chi connectivity index (χ0v) is 15.3. The predicted octanol–water partition coefficient (Wildman–Crippen LogP) is 3.04. The van der Waals surface area contributed by atoms with E-state index in [-0.39, 0.29) is 11.5 Å². The summed E-state index contributed by atoms with van der Waals surface area (Å²) in [6.07, 6.45) is 0. The Morgan fingerprint density at radius 2 is 2.04 bits per heavy atom. The monoisotopic (exact) mass is 370 g/mol. The normalized spacial score (nSPS) is 10.5.